The lowest BCUT2D eigenvalue weighted by Gasteiger charge is -2.23. The van der Waals surface area contributed by atoms with Gasteiger partial charge in [-0.3, -0.25) is 4.79 Å². The monoisotopic (exact) mass is 480 g/mol. The molecule has 1 aliphatic heterocycles. The number of nitrogens with one attached hydrogen (secondary N) is 1. The van der Waals surface area contributed by atoms with Gasteiger partial charge in [-0.25, -0.2) is 0 Å². The van der Waals surface area contributed by atoms with Gasteiger partial charge in [0.25, 0.3) is 0 Å². The predicted molar refractivity (Wildman–Crippen MR) is 131 cm³/mol. The molecule has 4 rings (SSSR count). The summed E-state index contributed by atoms with van der Waals surface area (Å²) in [4.78, 5) is 14.4. The number of rotatable bonds is 11. The topological polar surface area (TPSA) is 86.4 Å². The minimum atomic E-state index is -0.225. The SMILES string of the molecule is CCn1cc(/C=C2\Oc3c(ccc([O-])c3C[NH+](CCOC)CCOC)C2=O)c2cc(OC)ccc21. The molecule has 1 aliphatic rings. The molecule has 0 saturated carbocycles. The van der Waals surface area contributed by atoms with Gasteiger partial charge in [0.15, 0.2) is 5.76 Å². The maximum atomic E-state index is 13.3. The van der Waals surface area contributed by atoms with Crippen LogP contribution in [0.25, 0.3) is 17.0 Å². The Hall–Kier alpha value is -3.33. The van der Waals surface area contributed by atoms with Gasteiger partial charge in [0.2, 0.25) is 5.78 Å². The lowest BCUT2D eigenvalue weighted by molar-refractivity contribution is -0.914. The van der Waals surface area contributed by atoms with Gasteiger partial charge in [0, 0.05) is 49.0 Å². The van der Waals surface area contributed by atoms with E-state index >= 15 is 0 Å². The van der Waals surface area contributed by atoms with Crippen molar-refractivity contribution >= 4 is 22.8 Å². The first-order chi connectivity index (χ1) is 17.0. The minimum absolute atomic E-state index is 0.141. The fraction of sp³-hybridized carbons (Fsp3) is 0.370. The summed E-state index contributed by atoms with van der Waals surface area (Å²) in [5.74, 6) is 0.939. The van der Waals surface area contributed by atoms with Crippen LogP contribution in [-0.4, -0.2) is 58.0 Å². The molecule has 0 spiro atoms. The number of nitrogens with zero attached hydrogens (tertiary/aromatic N) is 1. The highest BCUT2D eigenvalue weighted by Gasteiger charge is 2.31. The van der Waals surface area contributed by atoms with Crippen molar-refractivity contribution in [3.63, 3.8) is 0 Å². The first-order valence-electron chi connectivity index (χ1n) is 11.8. The third-order valence-corrected chi connectivity index (χ3v) is 6.39. The molecule has 35 heavy (non-hydrogen) atoms. The minimum Gasteiger partial charge on any atom is -0.872 e. The van der Waals surface area contributed by atoms with Crippen LogP contribution in [0.4, 0.5) is 0 Å². The highest BCUT2D eigenvalue weighted by molar-refractivity contribution is 6.15. The van der Waals surface area contributed by atoms with Crippen LogP contribution in [-0.2, 0) is 22.6 Å². The molecule has 0 aliphatic carbocycles. The number of Topliss-reactive ketones (excluding diaryl/α,β-unsaturated/α-hetero) is 1. The fourth-order valence-corrected chi connectivity index (χ4v) is 4.45. The Kier molecular flexibility index (Phi) is 7.75. The maximum Gasteiger partial charge on any atom is 0.231 e. The number of methoxy groups -OCH3 is 3. The number of ketones is 1. The first-order valence-corrected chi connectivity index (χ1v) is 11.8. The second-order valence-electron chi connectivity index (χ2n) is 8.52. The molecule has 0 atom stereocenters. The quantitative estimate of drug-likeness (QED) is 0.423. The summed E-state index contributed by atoms with van der Waals surface area (Å²) < 4.78 is 24.1. The predicted octanol–water partition coefficient (Wildman–Crippen LogP) is 2.04. The van der Waals surface area contributed by atoms with Gasteiger partial charge in [0.1, 0.15) is 31.1 Å². The Bertz CT molecular complexity index is 1240. The normalized spacial score (nSPS) is 14.2. The number of aryl methyl sites for hydroxylation is 1. The van der Waals surface area contributed by atoms with Crippen molar-refractivity contribution in [1.82, 2.24) is 4.57 Å². The Morgan fingerprint density at radius 3 is 2.49 bits per heavy atom. The van der Waals surface area contributed by atoms with E-state index in [0.717, 1.165) is 33.7 Å². The van der Waals surface area contributed by atoms with Crippen molar-refractivity contribution in [2.75, 3.05) is 47.6 Å². The molecule has 0 radical (unpaired) electrons. The Balaban J connectivity index is 1.69. The number of quaternary nitrogens is 1. The summed E-state index contributed by atoms with van der Waals surface area (Å²) in [6, 6.07) is 8.89. The number of carbonyl (C=O) groups is 1. The number of aromatic nitrogens is 1. The van der Waals surface area contributed by atoms with E-state index < -0.39 is 0 Å². The molecule has 1 N–H and O–H groups in total. The summed E-state index contributed by atoms with van der Waals surface area (Å²) in [5, 5.41) is 13.8. The molecule has 0 amide bonds. The largest absolute Gasteiger partial charge is 0.872 e. The van der Waals surface area contributed by atoms with Crippen LogP contribution in [0.2, 0.25) is 0 Å². The van der Waals surface area contributed by atoms with Crippen molar-refractivity contribution in [1.29, 1.82) is 0 Å². The molecule has 8 heteroatoms. The fourth-order valence-electron chi connectivity index (χ4n) is 4.45. The number of carbonyl (C=O) groups excluding carboxylic acids is 1. The average molecular weight is 481 g/mol. The zero-order valence-electron chi connectivity index (χ0n) is 20.7. The van der Waals surface area contributed by atoms with Gasteiger partial charge in [0.05, 0.1) is 25.9 Å². The Morgan fingerprint density at radius 2 is 1.83 bits per heavy atom. The number of allylic oxidation sites excluding steroid dienone is 1. The number of fused-ring (bicyclic) bond motifs is 2. The maximum absolute atomic E-state index is 13.3. The molecular weight excluding hydrogens is 448 g/mol. The summed E-state index contributed by atoms with van der Waals surface area (Å²) >= 11 is 0. The highest BCUT2D eigenvalue weighted by atomic mass is 16.5. The van der Waals surface area contributed by atoms with Crippen molar-refractivity contribution in [2.45, 2.75) is 20.0 Å². The molecule has 1 aromatic heterocycles. The van der Waals surface area contributed by atoms with Crippen LogP contribution in [0.1, 0.15) is 28.4 Å². The number of hydrogen-bond acceptors (Lipinski definition) is 6. The highest BCUT2D eigenvalue weighted by Crippen LogP contribution is 2.39. The Morgan fingerprint density at radius 1 is 1.09 bits per heavy atom. The molecule has 2 heterocycles. The Labute approximate surface area is 205 Å². The van der Waals surface area contributed by atoms with E-state index in [2.05, 4.69) is 11.5 Å². The first kappa shape index (κ1) is 24.8. The molecule has 0 saturated heterocycles. The second kappa shape index (κ2) is 10.9. The van der Waals surface area contributed by atoms with Gasteiger partial charge in [-0.1, -0.05) is 11.8 Å². The second-order valence-corrected chi connectivity index (χ2v) is 8.52. The van der Waals surface area contributed by atoms with Crippen molar-refractivity contribution in [2.24, 2.45) is 0 Å². The third kappa shape index (κ3) is 5.05. The van der Waals surface area contributed by atoms with Crippen LogP contribution in [0.3, 0.4) is 0 Å². The summed E-state index contributed by atoms with van der Waals surface area (Å²) in [6.07, 6.45) is 3.75. The standard InChI is InChI=1S/C27H32N2O6/c1-5-29-16-18(21-15-19(34-4)6-8-23(21)29)14-25-26(31)20-7-9-24(30)22(27(20)35-25)17-28(10-12-32-2)11-13-33-3/h6-9,14-16,30H,5,10-13,17H2,1-4H3/b25-14-. The van der Waals surface area contributed by atoms with E-state index in [9.17, 15) is 9.90 Å². The van der Waals surface area contributed by atoms with E-state index in [1.807, 2.05) is 24.4 Å². The molecule has 2 aromatic carbocycles. The summed E-state index contributed by atoms with van der Waals surface area (Å²) in [6.45, 7) is 5.79. The van der Waals surface area contributed by atoms with Crippen molar-refractivity contribution in [3.05, 3.63) is 59.0 Å². The van der Waals surface area contributed by atoms with E-state index in [1.165, 1.54) is 6.07 Å². The van der Waals surface area contributed by atoms with Crippen LogP contribution in [0.15, 0.2) is 42.3 Å². The van der Waals surface area contributed by atoms with Gasteiger partial charge < -0.3 is 33.5 Å². The molecule has 3 aromatic rings. The molecular formula is C27H32N2O6. The number of hydrogen-bond donors (Lipinski definition) is 1. The van der Waals surface area contributed by atoms with Gasteiger partial charge >= 0.3 is 0 Å². The smallest absolute Gasteiger partial charge is 0.231 e. The van der Waals surface area contributed by atoms with E-state index in [1.54, 1.807) is 33.5 Å². The number of ether oxygens (including phenoxy) is 4. The van der Waals surface area contributed by atoms with Gasteiger partial charge in [-0.2, -0.15) is 0 Å². The molecule has 8 nitrogen and oxygen atoms in total. The van der Waals surface area contributed by atoms with Crippen LogP contribution < -0.4 is 19.5 Å². The van der Waals surface area contributed by atoms with Gasteiger partial charge in [-0.15, -0.1) is 0 Å². The molecule has 0 fully saturated rings. The van der Waals surface area contributed by atoms with Crippen LogP contribution in [0.5, 0.6) is 17.2 Å². The van der Waals surface area contributed by atoms with E-state index in [4.69, 9.17) is 18.9 Å². The molecule has 186 valence electrons. The van der Waals surface area contributed by atoms with Gasteiger partial charge in [-0.05, 0) is 37.3 Å². The zero-order valence-corrected chi connectivity index (χ0v) is 20.7. The number of benzene rings is 2. The van der Waals surface area contributed by atoms with Crippen molar-refractivity contribution in [3.8, 4) is 17.2 Å². The molecule has 0 bridgehead atoms. The average Bonchev–Trinajstić information content (AvgIpc) is 3.38. The lowest BCUT2D eigenvalue weighted by atomic mass is 10.0. The lowest BCUT2D eigenvalue weighted by Crippen LogP contribution is -3.11. The zero-order chi connectivity index (χ0) is 24.9. The third-order valence-electron chi connectivity index (χ3n) is 6.39. The summed E-state index contributed by atoms with van der Waals surface area (Å²) in [5.41, 5.74) is 2.81. The van der Waals surface area contributed by atoms with E-state index in [-0.39, 0.29) is 17.3 Å². The van der Waals surface area contributed by atoms with Crippen molar-refractivity contribution < 1.29 is 33.7 Å². The van der Waals surface area contributed by atoms with Crippen LogP contribution >= 0.6 is 0 Å². The molecule has 0 unspecified atom stereocenters. The van der Waals surface area contributed by atoms with E-state index in [0.29, 0.717) is 49.7 Å². The van der Waals surface area contributed by atoms with Crippen LogP contribution in [0, 0.1) is 0 Å². The summed E-state index contributed by atoms with van der Waals surface area (Å²) in [7, 11) is 4.93.